The summed E-state index contributed by atoms with van der Waals surface area (Å²) in [7, 11) is 1.94. The summed E-state index contributed by atoms with van der Waals surface area (Å²) in [5.74, 6) is 2.79. The number of hydrogen-bond donors (Lipinski definition) is 3. The standard InChI is InChI=1S/C42H50N2O2.C2H4O/c1-5-14-36-29-24-30(37(36)15-6-2)28-41(3,27-29)40(46)44-38-26-34(22-23-39(38)45)42(31-16-9-7-10-17-31,32-18-11-8-12-19-32)33-20-13-21-35(25-33)43-4;1-2-3/h7-13,16-23,25-26,29-30,36-37,43,45H,5-6,14-15,24,27-28H2,1-4H3,(H,44,46);2H,1H3. The second-order valence-corrected chi connectivity index (χ2v) is 14.4. The molecule has 3 N–H and O–H groups in total. The molecule has 2 aliphatic rings. The number of rotatable bonds is 11. The topological polar surface area (TPSA) is 78.4 Å². The predicted molar refractivity (Wildman–Crippen MR) is 202 cm³/mol. The molecule has 0 spiro atoms. The van der Waals surface area contributed by atoms with Crippen molar-refractivity contribution in [1.29, 1.82) is 0 Å². The van der Waals surface area contributed by atoms with E-state index in [1.165, 1.54) is 39.0 Å². The van der Waals surface area contributed by atoms with Crippen LogP contribution in [0.2, 0.25) is 0 Å². The van der Waals surface area contributed by atoms with Crippen LogP contribution in [0.3, 0.4) is 0 Å². The van der Waals surface area contributed by atoms with Gasteiger partial charge in [-0.05, 0) is 96.4 Å². The first kappa shape index (κ1) is 35.9. The molecule has 2 bridgehead atoms. The van der Waals surface area contributed by atoms with Crippen LogP contribution in [0.25, 0.3) is 0 Å². The van der Waals surface area contributed by atoms with Gasteiger partial charge in [0.05, 0.1) is 11.1 Å². The van der Waals surface area contributed by atoms with Crippen LogP contribution in [-0.2, 0) is 15.0 Å². The molecule has 0 aromatic heterocycles. The molecule has 0 aliphatic heterocycles. The maximum Gasteiger partial charge on any atom is 0.230 e. The van der Waals surface area contributed by atoms with Crippen LogP contribution in [0.1, 0.15) is 94.9 Å². The number of hydrogen-bond acceptors (Lipinski definition) is 4. The number of aromatic hydroxyl groups is 1. The van der Waals surface area contributed by atoms with Crippen molar-refractivity contribution in [1.82, 2.24) is 0 Å². The Morgan fingerprint density at radius 2 is 1.31 bits per heavy atom. The molecule has 258 valence electrons. The van der Waals surface area contributed by atoms with Crippen LogP contribution < -0.4 is 10.6 Å². The third-order valence-corrected chi connectivity index (χ3v) is 11.3. The lowest BCUT2D eigenvalue weighted by Gasteiger charge is -2.38. The van der Waals surface area contributed by atoms with E-state index in [9.17, 15) is 9.90 Å². The van der Waals surface area contributed by atoms with E-state index in [-0.39, 0.29) is 11.7 Å². The average Bonchev–Trinajstić information content (AvgIpc) is 3.36. The summed E-state index contributed by atoms with van der Waals surface area (Å²) in [5, 5.41) is 17.8. The van der Waals surface area contributed by atoms with Gasteiger partial charge in [-0.2, -0.15) is 0 Å². The van der Waals surface area contributed by atoms with E-state index in [0.29, 0.717) is 17.5 Å². The van der Waals surface area contributed by atoms with E-state index in [0.717, 1.165) is 58.9 Å². The third-order valence-electron chi connectivity index (χ3n) is 11.3. The molecule has 0 saturated heterocycles. The number of carbonyl (C=O) groups is 2. The van der Waals surface area contributed by atoms with Gasteiger partial charge in [0, 0.05) is 18.2 Å². The fourth-order valence-corrected chi connectivity index (χ4v) is 9.33. The molecule has 0 heterocycles. The highest BCUT2D eigenvalue weighted by atomic mass is 16.3. The van der Waals surface area contributed by atoms with Crippen molar-refractivity contribution in [3.8, 4) is 5.75 Å². The van der Waals surface area contributed by atoms with Gasteiger partial charge >= 0.3 is 0 Å². The number of phenols is 1. The number of anilines is 2. The summed E-state index contributed by atoms with van der Waals surface area (Å²) in [6, 6.07) is 35.3. The van der Waals surface area contributed by atoms with E-state index in [1.807, 2.05) is 31.3 Å². The van der Waals surface area contributed by atoms with Gasteiger partial charge in [-0.3, -0.25) is 4.79 Å². The summed E-state index contributed by atoms with van der Waals surface area (Å²) in [6.45, 7) is 8.21. The second kappa shape index (κ2) is 15.9. The van der Waals surface area contributed by atoms with Crippen LogP contribution in [-0.4, -0.2) is 24.3 Å². The Morgan fingerprint density at radius 3 is 1.82 bits per heavy atom. The Bertz CT molecular complexity index is 1630. The average molecular weight is 659 g/mol. The molecule has 4 unspecified atom stereocenters. The Hall–Kier alpha value is -4.38. The summed E-state index contributed by atoms with van der Waals surface area (Å²) in [6.07, 6.45) is 8.81. The van der Waals surface area contributed by atoms with E-state index in [1.54, 1.807) is 6.07 Å². The lowest BCUT2D eigenvalue weighted by Crippen LogP contribution is -2.39. The van der Waals surface area contributed by atoms with Crippen molar-refractivity contribution in [3.05, 3.63) is 125 Å². The van der Waals surface area contributed by atoms with E-state index in [4.69, 9.17) is 4.79 Å². The van der Waals surface area contributed by atoms with Crippen LogP contribution in [0.15, 0.2) is 103 Å². The molecule has 4 aromatic rings. The molecule has 5 heteroatoms. The molecule has 2 aliphatic carbocycles. The Balaban J connectivity index is 0.00000151. The Kier molecular flexibility index (Phi) is 11.6. The van der Waals surface area contributed by atoms with Gasteiger partial charge in [-0.1, -0.05) is 125 Å². The molecule has 0 radical (unpaired) electrons. The van der Waals surface area contributed by atoms with Crippen molar-refractivity contribution in [3.63, 3.8) is 0 Å². The fourth-order valence-electron chi connectivity index (χ4n) is 9.33. The van der Waals surface area contributed by atoms with Gasteiger partial charge in [0.15, 0.2) is 0 Å². The minimum atomic E-state index is -0.697. The highest BCUT2D eigenvalue weighted by Gasteiger charge is 2.53. The smallest absolute Gasteiger partial charge is 0.230 e. The summed E-state index contributed by atoms with van der Waals surface area (Å²) in [4.78, 5) is 23.1. The largest absolute Gasteiger partial charge is 0.506 e. The number of carbonyl (C=O) groups excluding carboxylic acids is 2. The molecule has 49 heavy (non-hydrogen) atoms. The first-order chi connectivity index (χ1) is 23.7. The zero-order valence-electron chi connectivity index (χ0n) is 29.9. The van der Waals surface area contributed by atoms with Crippen molar-refractivity contribution in [2.45, 2.75) is 78.1 Å². The van der Waals surface area contributed by atoms with Gasteiger partial charge in [-0.25, -0.2) is 0 Å². The third kappa shape index (κ3) is 7.18. The van der Waals surface area contributed by atoms with E-state index < -0.39 is 10.8 Å². The molecule has 5 nitrogen and oxygen atoms in total. The normalized spacial score (nSPS) is 22.8. The number of benzene rings is 4. The van der Waals surface area contributed by atoms with Crippen molar-refractivity contribution in [2.75, 3.05) is 17.7 Å². The Labute approximate surface area is 293 Å². The van der Waals surface area contributed by atoms with Crippen molar-refractivity contribution >= 4 is 23.6 Å². The van der Waals surface area contributed by atoms with Crippen LogP contribution in [0.4, 0.5) is 11.4 Å². The number of phenolic OH excluding ortho intramolecular Hbond substituents is 1. The minimum Gasteiger partial charge on any atom is -0.506 e. The molecule has 6 rings (SSSR count). The fraction of sp³-hybridized carbons (Fsp3) is 0.409. The molecular formula is C44H54N2O3. The van der Waals surface area contributed by atoms with Crippen molar-refractivity contribution < 1.29 is 14.7 Å². The van der Waals surface area contributed by atoms with E-state index >= 15 is 0 Å². The molecule has 4 atom stereocenters. The summed E-state index contributed by atoms with van der Waals surface area (Å²) in [5.41, 5.74) is 4.63. The van der Waals surface area contributed by atoms with Gasteiger partial charge in [0.2, 0.25) is 5.91 Å². The second-order valence-electron chi connectivity index (χ2n) is 14.4. The van der Waals surface area contributed by atoms with Gasteiger partial charge in [0.1, 0.15) is 12.0 Å². The number of amides is 1. The molecular weight excluding hydrogens is 604 g/mol. The molecule has 2 fully saturated rings. The highest BCUT2D eigenvalue weighted by Crippen LogP contribution is 2.58. The van der Waals surface area contributed by atoms with Crippen LogP contribution in [0, 0.1) is 29.1 Å². The summed E-state index contributed by atoms with van der Waals surface area (Å²) >= 11 is 0. The quantitative estimate of drug-likeness (QED) is 0.0851. The lowest BCUT2D eigenvalue weighted by atomic mass is 9.65. The maximum atomic E-state index is 14.3. The molecule has 4 aromatic carbocycles. The number of aldehydes is 1. The lowest BCUT2D eigenvalue weighted by molar-refractivity contribution is -0.127. The van der Waals surface area contributed by atoms with Crippen LogP contribution >= 0.6 is 0 Å². The van der Waals surface area contributed by atoms with E-state index in [2.05, 4.69) is 104 Å². The zero-order valence-corrected chi connectivity index (χ0v) is 29.9. The van der Waals surface area contributed by atoms with Crippen molar-refractivity contribution in [2.24, 2.45) is 29.1 Å². The molecule has 1 amide bonds. The maximum absolute atomic E-state index is 14.3. The highest BCUT2D eigenvalue weighted by molar-refractivity contribution is 5.96. The van der Waals surface area contributed by atoms with Gasteiger partial charge in [0.25, 0.3) is 0 Å². The predicted octanol–water partition coefficient (Wildman–Crippen LogP) is 10.2. The zero-order chi connectivity index (χ0) is 35.0. The monoisotopic (exact) mass is 658 g/mol. The first-order valence-corrected chi connectivity index (χ1v) is 18.2. The summed E-state index contributed by atoms with van der Waals surface area (Å²) < 4.78 is 0. The first-order valence-electron chi connectivity index (χ1n) is 18.2. The number of nitrogens with one attached hydrogen (secondary N) is 2. The van der Waals surface area contributed by atoms with Crippen LogP contribution in [0.5, 0.6) is 5.75 Å². The SMILES string of the molecule is CC=O.CCCC1C2CC(CC(C)(C(=O)Nc3cc(C(c4ccccc4)(c4ccccc4)c4cccc(NC)c4)ccc3O)C2)C1CCC. The minimum absolute atomic E-state index is 0.0317. The number of fused-ring (bicyclic) bond motifs is 2. The van der Waals surface area contributed by atoms with Gasteiger partial charge < -0.3 is 20.5 Å². The molecule has 2 saturated carbocycles. The van der Waals surface area contributed by atoms with Gasteiger partial charge in [-0.15, -0.1) is 0 Å². The Morgan fingerprint density at radius 1 is 0.796 bits per heavy atom.